The molecule has 0 nitrogen and oxygen atoms in total. The summed E-state index contributed by atoms with van der Waals surface area (Å²) in [5.74, 6) is 0. The Hall–Kier alpha value is -0.183. The van der Waals surface area contributed by atoms with Gasteiger partial charge in [0.25, 0.3) is 0 Å². The fourth-order valence-corrected chi connectivity index (χ4v) is 0.491. The summed E-state index contributed by atoms with van der Waals surface area (Å²) in [7, 11) is -1.94. The first-order valence-electron chi connectivity index (χ1n) is 2.45. The maximum atomic E-state index is 12.2. The van der Waals surface area contributed by atoms with Gasteiger partial charge in [0.15, 0.2) is 0 Å². The molecule has 0 unspecified atom stereocenters. The minimum absolute atomic E-state index is 0.0617. The molecule has 0 N–H and O–H groups in total. The molecule has 0 heterocycles. The average molecular weight is 136 g/mol. The lowest BCUT2D eigenvalue weighted by Crippen LogP contribution is -2.20. The number of halogens is 2. The second-order valence-electron chi connectivity index (χ2n) is 2.71. The van der Waals surface area contributed by atoms with Crippen LogP contribution in [0.25, 0.3) is 0 Å². The maximum Gasteiger partial charge on any atom is 0.117 e. The van der Waals surface area contributed by atoms with E-state index in [0.717, 1.165) is 0 Å². The van der Waals surface area contributed by atoms with Crippen molar-refractivity contribution < 1.29 is 8.78 Å². The zero-order chi connectivity index (χ0) is 6.78. The highest BCUT2D eigenvalue weighted by molar-refractivity contribution is 6.82. The third-order valence-corrected chi connectivity index (χ3v) is 2.35. The predicted molar refractivity (Wildman–Crippen MR) is 33.6 cm³/mol. The van der Waals surface area contributed by atoms with Gasteiger partial charge in [-0.05, 0) is 0 Å². The van der Waals surface area contributed by atoms with E-state index in [1.165, 1.54) is 0 Å². The number of hydrogen-bond donors (Lipinski definition) is 0. The van der Waals surface area contributed by atoms with Crippen molar-refractivity contribution in [3.05, 3.63) is 11.8 Å². The van der Waals surface area contributed by atoms with Gasteiger partial charge in [0, 0.05) is 0 Å². The molecule has 0 aromatic carbocycles. The van der Waals surface area contributed by atoms with Gasteiger partial charge in [-0.25, -0.2) is 8.78 Å². The van der Waals surface area contributed by atoms with Gasteiger partial charge >= 0.3 is 0 Å². The molecular formula is C5H10F2Si. The van der Waals surface area contributed by atoms with Crippen molar-refractivity contribution in [2.24, 2.45) is 0 Å². The summed E-state index contributed by atoms with van der Waals surface area (Å²) in [5, 5.41) is 0. The summed E-state index contributed by atoms with van der Waals surface area (Å²) in [6.07, 6.45) is 0.0617. The Kier molecular flexibility index (Phi) is 2.34. The Labute approximate surface area is 49.2 Å². The quantitative estimate of drug-likeness (QED) is 0.486. The lowest BCUT2D eigenvalue weighted by molar-refractivity contribution is 0.618. The standard InChI is InChI=1S/C5H10F2Si/c1-8(2,3)5(7)4-6/h4H,1-3H3/b5-4+. The van der Waals surface area contributed by atoms with E-state index in [1.54, 1.807) is 19.6 Å². The van der Waals surface area contributed by atoms with Crippen LogP contribution in [-0.2, 0) is 0 Å². The van der Waals surface area contributed by atoms with Crippen LogP contribution in [0.5, 0.6) is 0 Å². The number of hydrogen-bond acceptors (Lipinski definition) is 0. The molecule has 0 aromatic rings. The molecule has 0 aliphatic carbocycles. The van der Waals surface area contributed by atoms with Gasteiger partial charge < -0.3 is 0 Å². The first-order chi connectivity index (χ1) is 3.48. The van der Waals surface area contributed by atoms with Crippen LogP contribution in [0.15, 0.2) is 11.8 Å². The first-order valence-corrected chi connectivity index (χ1v) is 5.95. The Morgan fingerprint density at radius 2 is 1.75 bits per heavy atom. The van der Waals surface area contributed by atoms with Crippen molar-refractivity contribution in [2.45, 2.75) is 19.6 Å². The minimum Gasteiger partial charge on any atom is -0.215 e. The highest BCUT2D eigenvalue weighted by Crippen LogP contribution is 2.14. The molecule has 0 fully saturated rings. The zero-order valence-corrected chi connectivity index (χ0v) is 6.33. The molecule has 0 amide bonds. The minimum atomic E-state index is -1.94. The second-order valence-corrected chi connectivity index (χ2v) is 7.68. The average Bonchev–Trinajstić information content (AvgIpc) is 1.62. The van der Waals surface area contributed by atoms with E-state index in [2.05, 4.69) is 0 Å². The van der Waals surface area contributed by atoms with Gasteiger partial charge in [-0.2, -0.15) is 0 Å². The molecule has 0 aliphatic heterocycles. The summed E-state index contributed by atoms with van der Waals surface area (Å²) >= 11 is 0. The van der Waals surface area contributed by atoms with Crippen LogP contribution in [0.1, 0.15) is 0 Å². The largest absolute Gasteiger partial charge is 0.215 e. The molecule has 0 bridgehead atoms. The number of rotatable bonds is 1. The van der Waals surface area contributed by atoms with Gasteiger partial charge in [0.2, 0.25) is 0 Å². The molecule has 0 aromatic heterocycles. The molecule has 8 heavy (non-hydrogen) atoms. The molecule has 0 spiro atoms. The molecular weight excluding hydrogens is 126 g/mol. The summed E-state index contributed by atoms with van der Waals surface area (Å²) in [5.41, 5.74) is -0.572. The lowest BCUT2D eigenvalue weighted by atomic mass is 11.1. The Morgan fingerprint density at radius 3 is 1.75 bits per heavy atom. The third-order valence-electron chi connectivity index (χ3n) is 0.812. The fraction of sp³-hybridized carbons (Fsp3) is 0.600. The predicted octanol–water partition coefficient (Wildman–Crippen LogP) is 2.64. The summed E-state index contributed by atoms with van der Waals surface area (Å²) < 4.78 is 23.6. The molecule has 0 radical (unpaired) electrons. The molecule has 48 valence electrons. The fourth-order valence-electron chi connectivity index (χ4n) is 0.164. The van der Waals surface area contributed by atoms with Crippen LogP contribution < -0.4 is 0 Å². The summed E-state index contributed by atoms with van der Waals surface area (Å²) in [6.45, 7) is 5.25. The van der Waals surface area contributed by atoms with Crippen molar-refractivity contribution in [3.8, 4) is 0 Å². The smallest absolute Gasteiger partial charge is 0.117 e. The molecule has 0 aliphatic rings. The Balaban J connectivity index is 4.03. The van der Waals surface area contributed by atoms with Crippen LogP contribution in [0.4, 0.5) is 8.78 Å². The van der Waals surface area contributed by atoms with Crippen LogP contribution >= 0.6 is 0 Å². The van der Waals surface area contributed by atoms with E-state index in [9.17, 15) is 8.78 Å². The zero-order valence-electron chi connectivity index (χ0n) is 5.33. The topological polar surface area (TPSA) is 0 Å². The second kappa shape index (κ2) is 2.39. The van der Waals surface area contributed by atoms with E-state index < -0.39 is 13.5 Å². The van der Waals surface area contributed by atoms with Crippen LogP contribution in [0.2, 0.25) is 19.6 Å². The van der Waals surface area contributed by atoms with Crippen LogP contribution in [-0.4, -0.2) is 8.07 Å². The SMILES string of the molecule is C[Si](C)(C)/C(F)=C/F. The summed E-state index contributed by atoms with van der Waals surface area (Å²) in [6, 6.07) is 0. The summed E-state index contributed by atoms with van der Waals surface area (Å²) in [4.78, 5) is 0. The Morgan fingerprint density at radius 1 is 1.38 bits per heavy atom. The van der Waals surface area contributed by atoms with E-state index in [-0.39, 0.29) is 6.33 Å². The molecule has 0 rings (SSSR count). The highest BCUT2D eigenvalue weighted by atomic mass is 28.3. The normalized spacial score (nSPS) is 14.4. The van der Waals surface area contributed by atoms with E-state index >= 15 is 0 Å². The van der Waals surface area contributed by atoms with Crippen LogP contribution in [0, 0.1) is 0 Å². The van der Waals surface area contributed by atoms with Gasteiger partial charge in [-0.3, -0.25) is 0 Å². The van der Waals surface area contributed by atoms with E-state index in [4.69, 9.17) is 0 Å². The van der Waals surface area contributed by atoms with Gasteiger partial charge in [-0.1, -0.05) is 19.6 Å². The van der Waals surface area contributed by atoms with E-state index in [0.29, 0.717) is 0 Å². The van der Waals surface area contributed by atoms with Crippen molar-refractivity contribution in [2.75, 3.05) is 0 Å². The van der Waals surface area contributed by atoms with Gasteiger partial charge in [0.05, 0.1) is 0 Å². The van der Waals surface area contributed by atoms with Crippen molar-refractivity contribution in [3.63, 3.8) is 0 Å². The van der Waals surface area contributed by atoms with Crippen molar-refractivity contribution in [1.82, 2.24) is 0 Å². The first kappa shape index (κ1) is 7.82. The lowest BCUT2D eigenvalue weighted by Gasteiger charge is -2.09. The molecule has 0 atom stereocenters. The highest BCUT2D eigenvalue weighted by Gasteiger charge is 2.19. The third kappa shape index (κ3) is 2.21. The molecule has 3 heteroatoms. The van der Waals surface area contributed by atoms with E-state index in [1.807, 2.05) is 0 Å². The molecule has 0 saturated carbocycles. The molecule has 0 saturated heterocycles. The Bertz CT molecular complexity index is 101. The maximum absolute atomic E-state index is 12.2. The van der Waals surface area contributed by atoms with Crippen molar-refractivity contribution >= 4 is 8.07 Å². The van der Waals surface area contributed by atoms with Crippen molar-refractivity contribution in [1.29, 1.82) is 0 Å². The van der Waals surface area contributed by atoms with Crippen LogP contribution in [0.3, 0.4) is 0 Å². The van der Waals surface area contributed by atoms with Gasteiger partial charge in [0.1, 0.15) is 19.9 Å². The monoisotopic (exact) mass is 136 g/mol. The van der Waals surface area contributed by atoms with Gasteiger partial charge in [-0.15, -0.1) is 0 Å².